The Kier molecular flexibility index (Phi) is 7.33. The van der Waals surface area contributed by atoms with E-state index >= 15 is 0 Å². The van der Waals surface area contributed by atoms with Crippen LogP contribution in [0.5, 0.6) is 5.75 Å². The van der Waals surface area contributed by atoms with Crippen LogP contribution >= 0.6 is 11.6 Å². The fraction of sp³-hybridized carbons (Fsp3) is 0.174. The minimum Gasteiger partial charge on any atom is -0.482 e. The quantitative estimate of drug-likeness (QED) is 0.522. The first kappa shape index (κ1) is 22.8. The molecular formula is C23H23ClN2O4S. The lowest BCUT2D eigenvalue weighted by atomic mass is 10.1. The molecule has 3 aromatic rings. The number of carbonyl (C=O) groups excluding carboxylic acids is 1. The number of para-hydroxylation sites is 1. The third kappa shape index (κ3) is 6.07. The highest BCUT2D eigenvalue weighted by molar-refractivity contribution is 7.89. The molecule has 0 aromatic heterocycles. The molecule has 0 radical (unpaired) electrons. The molecule has 0 aliphatic heterocycles. The number of nitrogens with one attached hydrogen (secondary N) is 2. The zero-order valence-corrected chi connectivity index (χ0v) is 18.8. The van der Waals surface area contributed by atoms with Crippen LogP contribution in [-0.2, 0) is 21.4 Å². The van der Waals surface area contributed by atoms with Crippen LogP contribution in [0.1, 0.15) is 16.7 Å². The second-order valence-electron chi connectivity index (χ2n) is 7.01. The molecular weight excluding hydrogens is 436 g/mol. The van der Waals surface area contributed by atoms with E-state index in [1.54, 1.807) is 0 Å². The molecule has 2 N–H and O–H groups in total. The number of halogens is 1. The van der Waals surface area contributed by atoms with Gasteiger partial charge in [-0.3, -0.25) is 4.79 Å². The zero-order valence-electron chi connectivity index (χ0n) is 17.2. The highest BCUT2D eigenvalue weighted by Crippen LogP contribution is 2.27. The average molecular weight is 459 g/mol. The minimum absolute atomic E-state index is 0.0146. The minimum atomic E-state index is -3.75. The normalized spacial score (nSPS) is 11.2. The van der Waals surface area contributed by atoms with Gasteiger partial charge in [0.25, 0.3) is 5.91 Å². The molecule has 0 aliphatic carbocycles. The molecule has 3 rings (SSSR count). The summed E-state index contributed by atoms with van der Waals surface area (Å²) in [7, 11) is -3.75. The molecule has 0 saturated carbocycles. The summed E-state index contributed by atoms with van der Waals surface area (Å²) in [6, 6.07) is 19.0. The van der Waals surface area contributed by atoms with Gasteiger partial charge in [0.15, 0.2) is 6.61 Å². The third-order valence-electron chi connectivity index (χ3n) is 4.63. The Morgan fingerprint density at radius 2 is 1.65 bits per heavy atom. The third-order valence-corrected chi connectivity index (χ3v) is 6.32. The molecule has 162 valence electrons. The summed E-state index contributed by atoms with van der Waals surface area (Å²) in [6.07, 6.45) is 0. The zero-order chi connectivity index (χ0) is 22.4. The van der Waals surface area contributed by atoms with Crippen molar-refractivity contribution >= 4 is 33.2 Å². The molecule has 0 unspecified atom stereocenters. The molecule has 6 nitrogen and oxygen atoms in total. The van der Waals surface area contributed by atoms with Crippen molar-refractivity contribution in [2.45, 2.75) is 25.3 Å². The van der Waals surface area contributed by atoms with Crippen molar-refractivity contribution in [3.63, 3.8) is 0 Å². The molecule has 3 aromatic carbocycles. The standard InChI is InChI=1S/C23H23ClN2O4S/c1-16-7-6-8-17(2)23(16)26-22(27)15-30-21-12-11-19(13-20(21)24)31(28,29)25-14-18-9-4-3-5-10-18/h3-13,25H,14-15H2,1-2H3,(H,26,27). The highest BCUT2D eigenvalue weighted by Gasteiger charge is 2.17. The number of aryl methyl sites for hydroxylation is 2. The van der Waals surface area contributed by atoms with Gasteiger partial charge in [-0.05, 0) is 48.7 Å². The van der Waals surface area contributed by atoms with E-state index in [1.165, 1.54) is 18.2 Å². The van der Waals surface area contributed by atoms with E-state index in [1.807, 2.05) is 62.4 Å². The lowest BCUT2D eigenvalue weighted by Gasteiger charge is -2.13. The molecule has 0 fully saturated rings. The summed E-state index contributed by atoms with van der Waals surface area (Å²) in [5, 5.41) is 2.92. The SMILES string of the molecule is Cc1cccc(C)c1NC(=O)COc1ccc(S(=O)(=O)NCc2ccccc2)cc1Cl. The van der Waals surface area contributed by atoms with Gasteiger partial charge < -0.3 is 10.1 Å². The largest absolute Gasteiger partial charge is 0.482 e. The Morgan fingerprint density at radius 1 is 0.968 bits per heavy atom. The maximum absolute atomic E-state index is 12.5. The van der Waals surface area contributed by atoms with Gasteiger partial charge in [-0.2, -0.15) is 0 Å². The van der Waals surface area contributed by atoms with E-state index in [0.717, 1.165) is 22.4 Å². The van der Waals surface area contributed by atoms with E-state index < -0.39 is 10.0 Å². The number of benzene rings is 3. The van der Waals surface area contributed by atoms with Gasteiger partial charge in [-0.15, -0.1) is 0 Å². The summed E-state index contributed by atoms with van der Waals surface area (Å²) in [6.45, 7) is 3.72. The summed E-state index contributed by atoms with van der Waals surface area (Å²) in [5.74, 6) is -0.116. The maximum Gasteiger partial charge on any atom is 0.262 e. The number of hydrogen-bond donors (Lipinski definition) is 2. The van der Waals surface area contributed by atoms with Crippen molar-refractivity contribution in [1.29, 1.82) is 0 Å². The van der Waals surface area contributed by atoms with Crippen LogP contribution in [0, 0.1) is 13.8 Å². The lowest BCUT2D eigenvalue weighted by Crippen LogP contribution is -2.23. The van der Waals surface area contributed by atoms with Crippen molar-refractivity contribution in [2.75, 3.05) is 11.9 Å². The first-order valence-corrected chi connectivity index (χ1v) is 11.4. The van der Waals surface area contributed by atoms with Crippen LogP contribution in [-0.4, -0.2) is 20.9 Å². The molecule has 8 heteroatoms. The number of rotatable bonds is 8. The van der Waals surface area contributed by atoms with Crippen LogP contribution in [0.15, 0.2) is 71.6 Å². The number of amides is 1. The predicted octanol–water partition coefficient (Wildman–Crippen LogP) is 4.45. The Hall–Kier alpha value is -2.87. The lowest BCUT2D eigenvalue weighted by molar-refractivity contribution is -0.118. The molecule has 1 amide bonds. The van der Waals surface area contributed by atoms with Crippen molar-refractivity contribution in [2.24, 2.45) is 0 Å². The molecule has 0 aliphatic rings. The molecule has 0 saturated heterocycles. The Labute approximate surface area is 187 Å². The topological polar surface area (TPSA) is 84.5 Å². The van der Waals surface area contributed by atoms with Gasteiger partial charge in [0.05, 0.1) is 9.92 Å². The van der Waals surface area contributed by atoms with Gasteiger partial charge in [0.2, 0.25) is 10.0 Å². The summed E-state index contributed by atoms with van der Waals surface area (Å²) in [4.78, 5) is 12.3. The summed E-state index contributed by atoms with van der Waals surface area (Å²) >= 11 is 6.20. The second kappa shape index (κ2) is 9.96. The second-order valence-corrected chi connectivity index (χ2v) is 9.18. The Bertz CT molecular complexity index is 1160. The van der Waals surface area contributed by atoms with Crippen molar-refractivity contribution in [3.05, 3.63) is 88.4 Å². The number of sulfonamides is 1. The predicted molar refractivity (Wildman–Crippen MR) is 122 cm³/mol. The Morgan fingerprint density at radius 3 is 2.29 bits per heavy atom. The van der Waals surface area contributed by atoms with Crippen LogP contribution in [0.2, 0.25) is 5.02 Å². The van der Waals surface area contributed by atoms with E-state index in [4.69, 9.17) is 16.3 Å². The van der Waals surface area contributed by atoms with Crippen molar-refractivity contribution in [3.8, 4) is 5.75 Å². The summed E-state index contributed by atoms with van der Waals surface area (Å²) in [5.41, 5.74) is 3.48. The number of anilines is 1. The molecule has 0 heterocycles. The molecule has 0 bridgehead atoms. The van der Waals surface area contributed by atoms with Gasteiger partial charge in [-0.25, -0.2) is 13.1 Å². The smallest absolute Gasteiger partial charge is 0.262 e. The highest BCUT2D eigenvalue weighted by atomic mass is 35.5. The van der Waals surface area contributed by atoms with Gasteiger partial charge >= 0.3 is 0 Å². The van der Waals surface area contributed by atoms with Crippen LogP contribution in [0.3, 0.4) is 0 Å². The summed E-state index contributed by atoms with van der Waals surface area (Å²) < 4.78 is 33.1. The average Bonchev–Trinajstić information content (AvgIpc) is 2.75. The van der Waals surface area contributed by atoms with Crippen molar-refractivity contribution < 1.29 is 17.9 Å². The first-order valence-electron chi connectivity index (χ1n) is 9.58. The van der Waals surface area contributed by atoms with Crippen molar-refractivity contribution in [1.82, 2.24) is 4.72 Å². The number of hydrogen-bond acceptors (Lipinski definition) is 4. The van der Waals surface area contributed by atoms with Crippen LogP contribution < -0.4 is 14.8 Å². The molecule has 31 heavy (non-hydrogen) atoms. The Balaban J connectivity index is 1.62. The number of ether oxygens (including phenoxy) is 1. The van der Waals surface area contributed by atoms with E-state index in [-0.39, 0.29) is 34.7 Å². The number of carbonyl (C=O) groups is 1. The molecule has 0 spiro atoms. The van der Waals surface area contributed by atoms with Gasteiger partial charge in [0, 0.05) is 12.2 Å². The fourth-order valence-corrected chi connectivity index (χ4v) is 4.30. The fourth-order valence-electron chi connectivity index (χ4n) is 2.95. The van der Waals surface area contributed by atoms with E-state index in [2.05, 4.69) is 10.0 Å². The van der Waals surface area contributed by atoms with E-state index in [0.29, 0.717) is 0 Å². The van der Waals surface area contributed by atoms with Crippen LogP contribution in [0.25, 0.3) is 0 Å². The maximum atomic E-state index is 12.5. The van der Waals surface area contributed by atoms with Gasteiger partial charge in [0.1, 0.15) is 5.75 Å². The first-order chi connectivity index (χ1) is 14.8. The van der Waals surface area contributed by atoms with Crippen LogP contribution in [0.4, 0.5) is 5.69 Å². The monoisotopic (exact) mass is 458 g/mol. The van der Waals surface area contributed by atoms with E-state index in [9.17, 15) is 13.2 Å². The molecule has 0 atom stereocenters. The van der Waals surface area contributed by atoms with Gasteiger partial charge in [-0.1, -0.05) is 60.1 Å².